The molecule has 144 valence electrons. The van der Waals surface area contributed by atoms with Crippen molar-refractivity contribution in [2.45, 2.75) is 70.8 Å². The topological polar surface area (TPSA) is 46.5 Å². The molecule has 2 bridgehead atoms. The van der Waals surface area contributed by atoms with Gasteiger partial charge in [0.2, 0.25) is 6.73 Å². The summed E-state index contributed by atoms with van der Waals surface area (Å²) in [6.07, 6.45) is 7.23. The highest BCUT2D eigenvalue weighted by Gasteiger charge is 2.59. The summed E-state index contributed by atoms with van der Waals surface area (Å²) in [4.78, 5) is 11.4. The maximum atomic E-state index is 11.4. The highest BCUT2D eigenvalue weighted by Crippen LogP contribution is 2.57. The Morgan fingerprint density at radius 3 is 2.81 bits per heavy atom. The van der Waals surface area contributed by atoms with Crippen LogP contribution < -0.4 is 0 Å². The predicted molar refractivity (Wildman–Crippen MR) is 103 cm³/mol. The van der Waals surface area contributed by atoms with Crippen LogP contribution in [0.1, 0.15) is 64.0 Å². The average molecular weight is 361 g/mol. The van der Waals surface area contributed by atoms with Crippen LogP contribution in [0.25, 0.3) is 0 Å². The molecule has 4 heteroatoms. The normalized spacial score (nSPS) is 34.6. The highest BCUT2D eigenvalue weighted by molar-refractivity contribution is 5.65. The van der Waals surface area contributed by atoms with E-state index in [0.29, 0.717) is 24.4 Å². The van der Waals surface area contributed by atoms with Crippen LogP contribution in [0.15, 0.2) is 18.2 Å². The van der Waals surface area contributed by atoms with Gasteiger partial charge in [-0.15, -0.1) is 0 Å². The number of hydrogen-bond acceptors (Lipinski definition) is 3. The van der Waals surface area contributed by atoms with Crippen LogP contribution in [0.3, 0.4) is 0 Å². The number of rotatable bonds is 2. The number of fused-ring (bicyclic) bond motifs is 1. The Labute approximate surface area is 157 Å². The minimum absolute atomic E-state index is 0.184. The van der Waals surface area contributed by atoms with Gasteiger partial charge in [-0.05, 0) is 36.1 Å². The van der Waals surface area contributed by atoms with Crippen molar-refractivity contribution in [1.82, 2.24) is 0 Å². The van der Waals surface area contributed by atoms with E-state index >= 15 is 0 Å². The third kappa shape index (κ3) is 3.02. The Balaban J connectivity index is 0.000000948. The Bertz CT molecular complexity index is 673. The number of phenolic OH excluding ortho intramolecular Hbond substituents is 1. The van der Waals surface area contributed by atoms with Crippen LogP contribution in [-0.2, 0) is 21.4 Å². The number of phenols is 1. The van der Waals surface area contributed by atoms with Gasteiger partial charge in [0.25, 0.3) is 0 Å². The fourth-order valence-corrected chi connectivity index (χ4v) is 5.85. The van der Waals surface area contributed by atoms with E-state index < -0.39 is 0 Å². The second-order valence-corrected chi connectivity index (χ2v) is 8.34. The van der Waals surface area contributed by atoms with E-state index in [1.807, 2.05) is 26.0 Å². The lowest BCUT2D eigenvalue weighted by Crippen LogP contribution is -2.69. The van der Waals surface area contributed by atoms with E-state index in [1.165, 1.54) is 43.7 Å². The number of esters is 1. The van der Waals surface area contributed by atoms with Crippen LogP contribution in [0, 0.1) is 5.92 Å². The van der Waals surface area contributed by atoms with Gasteiger partial charge in [0.15, 0.2) is 0 Å². The minimum atomic E-state index is -0.184. The van der Waals surface area contributed by atoms with Crippen LogP contribution in [0.2, 0.25) is 0 Å². The van der Waals surface area contributed by atoms with E-state index in [2.05, 4.69) is 13.1 Å². The molecule has 0 radical (unpaired) electrons. The largest absolute Gasteiger partial charge is 0.508 e. The predicted octanol–water partition coefficient (Wildman–Crippen LogP) is 4.14. The number of nitrogens with zero attached hydrogens (tertiary/aromatic N) is 1. The molecule has 2 fully saturated rings. The zero-order chi connectivity index (χ0) is 18.9. The summed E-state index contributed by atoms with van der Waals surface area (Å²) >= 11 is 0. The van der Waals surface area contributed by atoms with Gasteiger partial charge >= 0.3 is 5.97 Å². The van der Waals surface area contributed by atoms with Crippen molar-refractivity contribution in [3.05, 3.63) is 29.3 Å². The number of quaternary nitrogens is 1. The summed E-state index contributed by atoms with van der Waals surface area (Å²) in [5, 5.41) is 10.1. The molecule has 1 heterocycles. The lowest BCUT2D eigenvalue weighted by Gasteiger charge is -2.60. The first kappa shape index (κ1) is 19.2. The summed E-state index contributed by atoms with van der Waals surface area (Å²) in [6.45, 7) is 7.03. The Kier molecular flexibility index (Phi) is 5.34. The molecule has 4 nitrogen and oxygen atoms in total. The van der Waals surface area contributed by atoms with E-state index in [0.717, 1.165) is 23.9 Å². The van der Waals surface area contributed by atoms with Crippen LogP contribution in [0.4, 0.5) is 0 Å². The van der Waals surface area contributed by atoms with Gasteiger partial charge in [-0.3, -0.25) is 9.28 Å². The minimum Gasteiger partial charge on any atom is -0.508 e. The van der Waals surface area contributed by atoms with E-state index in [4.69, 9.17) is 4.74 Å². The number of carbonyl (C=O) groups excluding carboxylic acids is 1. The quantitative estimate of drug-likeness (QED) is 0.637. The number of carbonyl (C=O) groups is 1. The monoisotopic (exact) mass is 360 g/mol. The molecular formula is C22H34NO3+. The fourth-order valence-electron chi connectivity index (χ4n) is 5.85. The fraction of sp³-hybridized carbons (Fsp3) is 0.682. The SMILES string of the molecule is CC.CC(=O)OC[N@+]1(C)CC[C@]23CCCCC2C1Cc1ccc(O)cc13. The smallest absolute Gasteiger partial charge is 0.306 e. The second kappa shape index (κ2) is 7.22. The molecule has 4 atom stereocenters. The summed E-state index contributed by atoms with van der Waals surface area (Å²) < 4.78 is 6.29. The first-order valence-electron chi connectivity index (χ1n) is 10.2. The van der Waals surface area contributed by atoms with Crippen LogP contribution >= 0.6 is 0 Å². The highest BCUT2D eigenvalue weighted by atomic mass is 16.5. The number of piperidine rings is 1. The molecular weight excluding hydrogens is 326 g/mol. The molecule has 1 N–H and O–H groups in total. The first-order chi connectivity index (χ1) is 12.4. The first-order valence-corrected chi connectivity index (χ1v) is 10.2. The number of benzene rings is 1. The van der Waals surface area contributed by atoms with Gasteiger partial charge in [0.05, 0.1) is 19.6 Å². The zero-order valence-electron chi connectivity index (χ0n) is 16.8. The molecule has 2 unspecified atom stereocenters. The molecule has 26 heavy (non-hydrogen) atoms. The van der Waals surface area contributed by atoms with Crippen LogP contribution in [0.5, 0.6) is 5.75 Å². The summed E-state index contributed by atoms with van der Waals surface area (Å²) in [5.41, 5.74) is 3.02. The van der Waals surface area contributed by atoms with E-state index in [-0.39, 0.29) is 11.4 Å². The van der Waals surface area contributed by atoms with Crippen molar-refractivity contribution in [2.24, 2.45) is 5.92 Å². The Morgan fingerprint density at radius 1 is 1.31 bits per heavy atom. The second-order valence-electron chi connectivity index (χ2n) is 8.34. The molecule has 1 saturated carbocycles. The molecule has 1 aromatic rings. The van der Waals surface area contributed by atoms with E-state index in [9.17, 15) is 9.90 Å². The third-order valence-corrected chi connectivity index (χ3v) is 7.05. The van der Waals surface area contributed by atoms with Crippen molar-refractivity contribution in [1.29, 1.82) is 0 Å². The molecule has 2 aliphatic carbocycles. The standard InChI is InChI=1S/C20H27NO3.C2H6/c1-14(22)24-13-21(2)10-9-20-8-4-3-5-17(20)19(21)11-15-6-7-16(23)12-18(15)20;1-2/h6-7,12,17,19H,3-5,8-11,13H2,1-2H3;1-2H3/p+1/t17?,19?,20-,21+;/m1./s1. The van der Waals surface area contributed by atoms with Gasteiger partial charge in [0, 0.05) is 31.1 Å². The van der Waals surface area contributed by atoms with Crippen molar-refractivity contribution >= 4 is 5.97 Å². The lowest BCUT2D eigenvalue weighted by molar-refractivity contribution is -0.959. The van der Waals surface area contributed by atoms with Crippen molar-refractivity contribution < 1.29 is 19.1 Å². The Morgan fingerprint density at radius 2 is 2.08 bits per heavy atom. The molecule has 1 aromatic carbocycles. The van der Waals surface area contributed by atoms with Crippen molar-refractivity contribution in [3.8, 4) is 5.75 Å². The van der Waals surface area contributed by atoms with Crippen molar-refractivity contribution in [3.63, 3.8) is 0 Å². The number of likely N-dealkylation sites (tertiary alicyclic amines) is 1. The van der Waals surface area contributed by atoms with Gasteiger partial charge in [-0.25, -0.2) is 0 Å². The zero-order valence-corrected chi connectivity index (χ0v) is 16.8. The van der Waals surface area contributed by atoms with E-state index in [1.54, 1.807) is 0 Å². The maximum absolute atomic E-state index is 11.4. The lowest BCUT2D eigenvalue weighted by atomic mass is 9.52. The van der Waals surface area contributed by atoms with Gasteiger partial charge < -0.3 is 9.84 Å². The molecule has 0 amide bonds. The molecule has 1 aliphatic heterocycles. The number of hydrogen-bond donors (Lipinski definition) is 1. The van der Waals surface area contributed by atoms with Crippen LogP contribution in [-0.4, -0.2) is 41.9 Å². The molecule has 4 rings (SSSR count). The van der Waals surface area contributed by atoms with Gasteiger partial charge in [-0.1, -0.05) is 32.8 Å². The van der Waals surface area contributed by atoms with Crippen molar-refractivity contribution in [2.75, 3.05) is 20.3 Å². The summed E-state index contributed by atoms with van der Waals surface area (Å²) in [7, 11) is 2.26. The number of likely N-dealkylation sites (N-methyl/N-ethyl adjacent to an activating group) is 1. The average Bonchev–Trinajstić information content (AvgIpc) is 2.65. The summed E-state index contributed by atoms with van der Waals surface area (Å²) in [5.74, 6) is 0.847. The van der Waals surface area contributed by atoms with Gasteiger partial charge in [0.1, 0.15) is 5.75 Å². The molecule has 1 saturated heterocycles. The van der Waals surface area contributed by atoms with Gasteiger partial charge in [-0.2, -0.15) is 0 Å². The summed E-state index contributed by atoms with van der Waals surface area (Å²) in [6, 6.07) is 6.48. The Hall–Kier alpha value is -1.55. The molecule has 3 aliphatic rings. The maximum Gasteiger partial charge on any atom is 0.306 e. The number of ether oxygens (including phenoxy) is 1. The molecule has 0 spiro atoms. The third-order valence-electron chi connectivity index (χ3n) is 7.05. The number of aromatic hydroxyl groups is 1. The molecule has 0 aromatic heterocycles.